The van der Waals surface area contributed by atoms with E-state index in [9.17, 15) is 0 Å². The average molecular weight is 186 g/mol. The first-order valence-corrected chi connectivity index (χ1v) is 5.11. The molecule has 1 saturated heterocycles. The fourth-order valence-electron chi connectivity index (χ4n) is 1.74. The van der Waals surface area contributed by atoms with E-state index in [1.807, 2.05) is 0 Å². The molecular weight excluding hydrogens is 164 g/mol. The lowest BCUT2D eigenvalue weighted by molar-refractivity contribution is -0.105. The largest absolute Gasteiger partial charge is 0.358 e. The zero-order valence-corrected chi connectivity index (χ0v) is 9.24. The number of ether oxygens (including phenoxy) is 1. The van der Waals surface area contributed by atoms with Gasteiger partial charge in [0.2, 0.25) is 0 Å². The highest BCUT2D eigenvalue weighted by Gasteiger charge is 2.34. The molecule has 1 atom stereocenters. The van der Waals surface area contributed by atoms with Gasteiger partial charge >= 0.3 is 0 Å². The molecule has 0 aromatic heterocycles. The van der Waals surface area contributed by atoms with Gasteiger partial charge < -0.3 is 10.1 Å². The van der Waals surface area contributed by atoms with Crippen LogP contribution in [0.2, 0.25) is 0 Å². The zero-order chi connectivity index (χ0) is 9.95. The molecule has 1 aliphatic rings. The third-order valence-corrected chi connectivity index (χ3v) is 2.24. The summed E-state index contributed by atoms with van der Waals surface area (Å²) in [5.74, 6) is 0. The maximum absolute atomic E-state index is 5.82. The number of hydrogen-bond acceptors (Lipinski definition) is 3. The van der Waals surface area contributed by atoms with Crippen molar-refractivity contribution >= 4 is 0 Å². The molecule has 0 aliphatic carbocycles. The van der Waals surface area contributed by atoms with Crippen molar-refractivity contribution in [1.29, 1.82) is 0 Å². The second kappa shape index (κ2) is 3.95. The van der Waals surface area contributed by atoms with Crippen molar-refractivity contribution < 1.29 is 4.74 Å². The normalized spacial score (nSPS) is 30.5. The maximum atomic E-state index is 5.82. The van der Waals surface area contributed by atoms with E-state index in [-0.39, 0.29) is 11.3 Å². The van der Waals surface area contributed by atoms with Crippen LogP contribution in [0.3, 0.4) is 0 Å². The summed E-state index contributed by atoms with van der Waals surface area (Å²) in [5.41, 5.74) is -0.0501. The third-order valence-electron chi connectivity index (χ3n) is 2.24. The summed E-state index contributed by atoms with van der Waals surface area (Å²) >= 11 is 0. The molecule has 2 N–H and O–H groups in total. The fourth-order valence-corrected chi connectivity index (χ4v) is 1.74. The second-order valence-electron chi connectivity index (χ2n) is 4.75. The molecule has 1 fully saturated rings. The van der Waals surface area contributed by atoms with Crippen LogP contribution in [-0.2, 0) is 4.74 Å². The highest BCUT2D eigenvalue weighted by Crippen LogP contribution is 2.18. The fraction of sp³-hybridized carbons (Fsp3) is 1.00. The summed E-state index contributed by atoms with van der Waals surface area (Å²) in [6.45, 7) is 11.3. The van der Waals surface area contributed by atoms with Gasteiger partial charge in [-0.25, -0.2) is 0 Å². The molecule has 3 nitrogen and oxygen atoms in total. The molecule has 3 heteroatoms. The van der Waals surface area contributed by atoms with E-state index >= 15 is 0 Å². The van der Waals surface area contributed by atoms with Gasteiger partial charge in [0, 0.05) is 18.6 Å². The molecule has 0 aromatic rings. The summed E-state index contributed by atoms with van der Waals surface area (Å²) in [4.78, 5) is 0. The monoisotopic (exact) mass is 186 g/mol. The molecule has 0 saturated carbocycles. The van der Waals surface area contributed by atoms with Crippen LogP contribution < -0.4 is 10.6 Å². The summed E-state index contributed by atoms with van der Waals surface area (Å²) in [6, 6.07) is 0. The molecule has 0 spiro atoms. The molecule has 13 heavy (non-hydrogen) atoms. The van der Waals surface area contributed by atoms with Crippen LogP contribution in [0.25, 0.3) is 0 Å². The van der Waals surface area contributed by atoms with Crippen LogP contribution in [0, 0.1) is 0 Å². The first kappa shape index (κ1) is 11.0. The van der Waals surface area contributed by atoms with Gasteiger partial charge in [0.25, 0.3) is 0 Å². The summed E-state index contributed by atoms with van der Waals surface area (Å²) in [6.07, 6.45) is 0.997. The Hall–Kier alpha value is -0.120. The lowest BCUT2D eigenvalue weighted by Crippen LogP contribution is -2.63. The SMILES string of the molecule is CCC1(NC(C)(C)C)CNCCO1. The molecule has 1 heterocycles. The van der Waals surface area contributed by atoms with Gasteiger partial charge in [-0.05, 0) is 27.2 Å². The van der Waals surface area contributed by atoms with E-state index < -0.39 is 0 Å². The summed E-state index contributed by atoms with van der Waals surface area (Å²) < 4.78 is 5.82. The molecule has 1 unspecified atom stereocenters. The topological polar surface area (TPSA) is 33.3 Å². The van der Waals surface area contributed by atoms with Gasteiger partial charge in [0.05, 0.1) is 6.61 Å². The van der Waals surface area contributed by atoms with E-state index in [2.05, 4.69) is 38.3 Å². The van der Waals surface area contributed by atoms with Crippen molar-refractivity contribution in [2.45, 2.75) is 45.4 Å². The van der Waals surface area contributed by atoms with Crippen LogP contribution in [-0.4, -0.2) is 31.0 Å². The first-order chi connectivity index (χ1) is 5.97. The summed E-state index contributed by atoms with van der Waals surface area (Å²) in [7, 11) is 0. The Morgan fingerprint density at radius 1 is 1.46 bits per heavy atom. The van der Waals surface area contributed by atoms with E-state index in [1.165, 1.54) is 0 Å². The molecule has 1 rings (SSSR count). The van der Waals surface area contributed by atoms with Crippen molar-refractivity contribution in [2.24, 2.45) is 0 Å². The van der Waals surface area contributed by atoms with Gasteiger partial charge in [0.15, 0.2) is 0 Å². The molecule has 0 amide bonds. The van der Waals surface area contributed by atoms with Gasteiger partial charge in [-0.3, -0.25) is 5.32 Å². The van der Waals surface area contributed by atoms with E-state index in [0.29, 0.717) is 0 Å². The minimum atomic E-state index is -0.156. The minimum absolute atomic E-state index is 0.106. The molecule has 0 aromatic carbocycles. The third kappa shape index (κ3) is 3.25. The van der Waals surface area contributed by atoms with Crippen molar-refractivity contribution in [1.82, 2.24) is 10.6 Å². The quantitative estimate of drug-likeness (QED) is 0.677. The Morgan fingerprint density at radius 2 is 2.15 bits per heavy atom. The Kier molecular flexibility index (Phi) is 3.33. The van der Waals surface area contributed by atoms with Crippen molar-refractivity contribution in [2.75, 3.05) is 19.7 Å². The Morgan fingerprint density at radius 3 is 2.54 bits per heavy atom. The van der Waals surface area contributed by atoms with Gasteiger partial charge in [-0.1, -0.05) is 6.92 Å². The maximum Gasteiger partial charge on any atom is 0.131 e. The lowest BCUT2D eigenvalue weighted by atomic mass is 10.0. The predicted molar refractivity (Wildman–Crippen MR) is 54.7 cm³/mol. The molecule has 1 aliphatic heterocycles. The smallest absolute Gasteiger partial charge is 0.131 e. The number of nitrogens with one attached hydrogen (secondary N) is 2. The average Bonchev–Trinajstić information content (AvgIpc) is 2.03. The number of hydrogen-bond donors (Lipinski definition) is 2. The van der Waals surface area contributed by atoms with Gasteiger partial charge in [-0.2, -0.15) is 0 Å². The number of rotatable bonds is 2. The highest BCUT2D eigenvalue weighted by atomic mass is 16.5. The Labute approximate surface area is 81.2 Å². The van der Waals surface area contributed by atoms with Crippen LogP contribution in [0.4, 0.5) is 0 Å². The molecule has 78 valence electrons. The Bertz CT molecular complexity index is 157. The highest BCUT2D eigenvalue weighted by molar-refractivity contribution is 4.88. The van der Waals surface area contributed by atoms with E-state index in [0.717, 1.165) is 26.1 Å². The van der Waals surface area contributed by atoms with Crippen LogP contribution >= 0.6 is 0 Å². The second-order valence-corrected chi connectivity index (χ2v) is 4.75. The van der Waals surface area contributed by atoms with Crippen LogP contribution in [0.5, 0.6) is 0 Å². The zero-order valence-electron chi connectivity index (χ0n) is 9.24. The number of morpholine rings is 1. The first-order valence-electron chi connectivity index (χ1n) is 5.11. The Balaban J connectivity index is 2.57. The summed E-state index contributed by atoms with van der Waals surface area (Å²) in [5, 5.41) is 6.90. The van der Waals surface area contributed by atoms with Crippen LogP contribution in [0.1, 0.15) is 34.1 Å². The lowest BCUT2D eigenvalue weighted by Gasteiger charge is -2.42. The standard InChI is InChI=1S/C10H22N2O/c1-5-10(12-9(2,3)4)8-11-6-7-13-10/h11-12H,5-8H2,1-4H3. The molecule has 0 bridgehead atoms. The molecule has 0 radical (unpaired) electrons. The van der Waals surface area contributed by atoms with E-state index in [1.54, 1.807) is 0 Å². The predicted octanol–water partition coefficient (Wildman–Crippen LogP) is 1.10. The van der Waals surface area contributed by atoms with Gasteiger partial charge in [0.1, 0.15) is 5.72 Å². The van der Waals surface area contributed by atoms with Crippen molar-refractivity contribution in [3.8, 4) is 0 Å². The van der Waals surface area contributed by atoms with Gasteiger partial charge in [-0.15, -0.1) is 0 Å². The van der Waals surface area contributed by atoms with Crippen LogP contribution in [0.15, 0.2) is 0 Å². The minimum Gasteiger partial charge on any atom is -0.358 e. The molecular formula is C10H22N2O. The van der Waals surface area contributed by atoms with E-state index in [4.69, 9.17) is 4.74 Å². The van der Waals surface area contributed by atoms with Crippen molar-refractivity contribution in [3.05, 3.63) is 0 Å². The van der Waals surface area contributed by atoms with Crippen molar-refractivity contribution in [3.63, 3.8) is 0 Å².